The molecule has 0 N–H and O–H groups in total. The summed E-state index contributed by atoms with van der Waals surface area (Å²) in [5.41, 5.74) is 15.1. The number of piperazine rings is 1. The van der Waals surface area contributed by atoms with Gasteiger partial charge in [0, 0.05) is 46.0 Å². The quantitative estimate of drug-likeness (QED) is 0.0940. The fourth-order valence-corrected chi connectivity index (χ4v) is 11.5. The first-order valence-corrected chi connectivity index (χ1v) is 21.0. The predicted octanol–water partition coefficient (Wildman–Crippen LogP) is 8.98. The lowest BCUT2D eigenvalue weighted by molar-refractivity contribution is -0.144. The van der Waals surface area contributed by atoms with Crippen LogP contribution in [0.3, 0.4) is 0 Å². The molecule has 4 aromatic carbocycles. The average Bonchev–Trinajstić information content (AvgIpc) is 3.83. The zero-order valence-corrected chi connectivity index (χ0v) is 34.4. The number of aryl methyl sites for hydroxylation is 1. The summed E-state index contributed by atoms with van der Waals surface area (Å²) >= 11 is 1.64. The van der Waals surface area contributed by atoms with Crippen LogP contribution >= 0.6 is 11.8 Å². The molecule has 4 aliphatic heterocycles. The maximum absolute atomic E-state index is 14.0. The van der Waals surface area contributed by atoms with Crippen LogP contribution in [0, 0.1) is 39.0 Å². The first-order valence-electron chi connectivity index (χ1n) is 19.9. The molecule has 0 spiro atoms. The van der Waals surface area contributed by atoms with Gasteiger partial charge in [-0.25, -0.2) is 4.79 Å². The van der Waals surface area contributed by atoms with E-state index in [-0.39, 0.29) is 43.4 Å². The molecule has 292 valence electrons. The molecule has 5 atom stereocenters. The molecule has 2 bridgehead atoms. The minimum atomic E-state index is -0.478. The second kappa shape index (κ2) is 14.7. The zero-order valence-electron chi connectivity index (χ0n) is 33.6. The lowest BCUT2D eigenvalue weighted by Gasteiger charge is -2.60. The van der Waals surface area contributed by atoms with Gasteiger partial charge < -0.3 is 18.9 Å². The summed E-state index contributed by atoms with van der Waals surface area (Å²) in [4.78, 5) is 18.7. The summed E-state index contributed by atoms with van der Waals surface area (Å²) in [5.74, 6) is 2.71. The fourth-order valence-electron chi connectivity index (χ4n) is 10.5. The van der Waals surface area contributed by atoms with Crippen molar-refractivity contribution in [2.45, 2.75) is 83.6 Å². The molecule has 0 saturated carbocycles. The first kappa shape index (κ1) is 37.6. The molecule has 57 heavy (non-hydrogen) atoms. The number of hydrogen-bond donors (Lipinski definition) is 0. The predicted molar refractivity (Wildman–Crippen MR) is 224 cm³/mol. The van der Waals surface area contributed by atoms with E-state index in [1.54, 1.807) is 17.8 Å². The molecule has 1 saturated heterocycles. The van der Waals surface area contributed by atoms with Crippen molar-refractivity contribution in [3.63, 3.8) is 0 Å². The van der Waals surface area contributed by atoms with Gasteiger partial charge in [-0.05, 0) is 110 Å². The molecule has 5 aliphatic rings. The smallest absolute Gasteiger partial charge is 0.334 e. The van der Waals surface area contributed by atoms with Crippen LogP contribution in [0.4, 0.5) is 0 Å². The average molecular weight is 780 g/mol. The van der Waals surface area contributed by atoms with Crippen molar-refractivity contribution in [1.29, 1.82) is 5.26 Å². The van der Waals surface area contributed by atoms with Gasteiger partial charge in [0.05, 0.1) is 18.2 Å². The molecule has 4 aromatic rings. The van der Waals surface area contributed by atoms with E-state index in [0.29, 0.717) is 30.1 Å². The normalized spacial score (nSPS) is 23.1. The van der Waals surface area contributed by atoms with E-state index in [9.17, 15) is 10.1 Å². The second-order valence-electron chi connectivity index (χ2n) is 16.2. The highest BCUT2D eigenvalue weighted by Crippen LogP contribution is 2.57. The number of benzene rings is 4. The standard InChI is InChI=1S/C48H49N3O5S/c1-8-17-53-45-30(6)46-47(56-25-55-46)43-36(45)20-39-44-42-29(5)28(4)26(2)18-31(42)19-38(50(44)7)40(21-49)51(39)41(43)22-54-48(52)27(3)23-57-24-37-34-15-11-9-13-32(34)33-14-10-12-16-35(33)37/h8-16,18,23,37-41,44H,1,17,19-20,22,24-25H2,2-7H3/b27-23+/t38-,39?,40-,41-,44-/m0/s1. The highest BCUT2D eigenvalue weighted by Gasteiger charge is 2.56. The molecule has 0 amide bonds. The van der Waals surface area contributed by atoms with Gasteiger partial charge >= 0.3 is 5.97 Å². The van der Waals surface area contributed by atoms with Gasteiger partial charge in [-0.3, -0.25) is 9.80 Å². The van der Waals surface area contributed by atoms with Crippen LogP contribution in [0.2, 0.25) is 0 Å². The molecule has 9 rings (SSSR count). The van der Waals surface area contributed by atoms with Gasteiger partial charge in [0.2, 0.25) is 6.79 Å². The van der Waals surface area contributed by atoms with Crippen molar-refractivity contribution >= 4 is 17.7 Å². The maximum atomic E-state index is 14.0. The van der Waals surface area contributed by atoms with Crippen LogP contribution in [-0.4, -0.2) is 66.7 Å². The fraction of sp³-hybridized carbons (Fsp3) is 0.375. The number of likely N-dealkylation sites (N-methyl/N-ethyl adjacent to an activating group) is 1. The number of esters is 1. The third-order valence-corrected chi connectivity index (χ3v) is 14.4. The van der Waals surface area contributed by atoms with E-state index in [1.165, 1.54) is 50.1 Å². The molecule has 1 aliphatic carbocycles. The van der Waals surface area contributed by atoms with E-state index >= 15 is 0 Å². The summed E-state index contributed by atoms with van der Waals surface area (Å²) in [6.07, 6.45) is 3.14. The van der Waals surface area contributed by atoms with Gasteiger partial charge in [-0.1, -0.05) is 67.3 Å². The topological polar surface area (TPSA) is 84.3 Å². The summed E-state index contributed by atoms with van der Waals surface area (Å²) in [6, 6.07) is 21.2. The molecule has 8 nitrogen and oxygen atoms in total. The number of nitriles is 1. The third-order valence-electron chi connectivity index (χ3n) is 13.3. The van der Waals surface area contributed by atoms with Crippen LogP contribution in [0.1, 0.15) is 80.6 Å². The zero-order chi connectivity index (χ0) is 39.7. The lowest BCUT2D eigenvalue weighted by Crippen LogP contribution is -2.68. The Morgan fingerprint density at radius 3 is 2.37 bits per heavy atom. The van der Waals surface area contributed by atoms with Crippen LogP contribution < -0.4 is 14.2 Å². The monoisotopic (exact) mass is 779 g/mol. The van der Waals surface area contributed by atoms with Crippen LogP contribution in [0.25, 0.3) is 11.1 Å². The highest BCUT2D eigenvalue weighted by molar-refractivity contribution is 8.02. The number of nitrogens with zero attached hydrogens (tertiary/aromatic N) is 3. The van der Waals surface area contributed by atoms with Crippen molar-refractivity contribution in [3.05, 3.63) is 134 Å². The maximum Gasteiger partial charge on any atom is 0.334 e. The van der Waals surface area contributed by atoms with E-state index in [1.807, 2.05) is 19.3 Å². The van der Waals surface area contributed by atoms with E-state index in [2.05, 4.69) is 105 Å². The van der Waals surface area contributed by atoms with Crippen molar-refractivity contribution in [2.75, 3.05) is 32.8 Å². The molecular formula is C48H49N3O5S. The van der Waals surface area contributed by atoms with Crippen molar-refractivity contribution in [3.8, 4) is 34.4 Å². The number of fused-ring (bicyclic) bond motifs is 12. The van der Waals surface area contributed by atoms with Crippen LogP contribution in [-0.2, 0) is 22.4 Å². The summed E-state index contributed by atoms with van der Waals surface area (Å²) in [6.45, 7) is 14.8. The summed E-state index contributed by atoms with van der Waals surface area (Å²) in [7, 11) is 2.17. The number of carbonyl (C=O) groups is 1. The van der Waals surface area contributed by atoms with Gasteiger partial charge in [-0.15, -0.1) is 11.8 Å². The van der Waals surface area contributed by atoms with Gasteiger partial charge in [-0.2, -0.15) is 5.26 Å². The Balaban J connectivity index is 1.07. The van der Waals surface area contributed by atoms with Gasteiger partial charge in [0.1, 0.15) is 25.0 Å². The molecule has 0 aromatic heterocycles. The van der Waals surface area contributed by atoms with Gasteiger partial charge in [0.25, 0.3) is 0 Å². The van der Waals surface area contributed by atoms with Crippen LogP contribution in [0.15, 0.2) is 78.2 Å². The number of rotatable bonds is 9. The lowest BCUT2D eigenvalue weighted by atomic mass is 9.70. The summed E-state index contributed by atoms with van der Waals surface area (Å²) in [5, 5.41) is 13.0. The Bertz CT molecular complexity index is 2350. The van der Waals surface area contributed by atoms with Crippen LogP contribution in [0.5, 0.6) is 17.2 Å². The Labute approximate surface area is 340 Å². The minimum absolute atomic E-state index is 0.0101. The highest BCUT2D eigenvalue weighted by atomic mass is 32.2. The molecule has 0 radical (unpaired) electrons. The Hall–Kier alpha value is -5.01. The van der Waals surface area contributed by atoms with Crippen molar-refractivity contribution in [2.24, 2.45) is 0 Å². The third kappa shape index (κ3) is 5.90. The van der Waals surface area contributed by atoms with Crippen molar-refractivity contribution < 1.29 is 23.7 Å². The minimum Gasteiger partial charge on any atom is -0.489 e. The molecule has 1 unspecified atom stereocenters. The second-order valence-corrected chi connectivity index (χ2v) is 17.1. The van der Waals surface area contributed by atoms with Crippen molar-refractivity contribution in [1.82, 2.24) is 9.80 Å². The number of thioether (sulfide) groups is 1. The van der Waals surface area contributed by atoms with Gasteiger partial charge in [0.15, 0.2) is 11.5 Å². The molecule has 4 heterocycles. The largest absolute Gasteiger partial charge is 0.489 e. The number of carbonyl (C=O) groups excluding carboxylic acids is 1. The SMILES string of the molecule is C=CCOc1c(C)c2c(c3c1CC1[C@H]4c5c(cc(C)c(C)c5C)C[C@@H]([C@H](C#N)N1[C@H]3COC(=O)/C(C)=C/SCC1c3ccccc3-c3ccccc31)N4C)OCO2. The first-order chi connectivity index (χ1) is 27.6. The molecule has 9 heteroatoms. The Morgan fingerprint density at radius 1 is 0.965 bits per heavy atom. The number of hydrogen-bond acceptors (Lipinski definition) is 9. The van der Waals surface area contributed by atoms with E-state index < -0.39 is 12.1 Å². The molecule has 1 fully saturated rings. The molecular weight excluding hydrogens is 731 g/mol. The summed E-state index contributed by atoms with van der Waals surface area (Å²) < 4.78 is 25.2. The Kier molecular flexibility index (Phi) is 9.71. The number of ether oxygens (including phenoxy) is 4. The van der Waals surface area contributed by atoms with E-state index in [4.69, 9.17) is 18.9 Å². The van der Waals surface area contributed by atoms with E-state index in [0.717, 1.165) is 34.6 Å². The Morgan fingerprint density at radius 2 is 1.67 bits per heavy atom.